The van der Waals surface area contributed by atoms with Crippen molar-refractivity contribution in [3.8, 4) is 0 Å². The van der Waals surface area contributed by atoms with Crippen molar-refractivity contribution in [3.05, 3.63) is 50.8 Å². The van der Waals surface area contributed by atoms with E-state index in [4.69, 9.17) is 0 Å². The highest BCUT2D eigenvalue weighted by Gasteiger charge is 2.23. The molecule has 2 aromatic heterocycles. The van der Waals surface area contributed by atoms with Gasteiger partial charge in [-0.3, -0.25) is 0 Å². The van der Waals surface area contributed by atoms with Crippen LogP contribution in [0, 0.1) is 10.1 Å². The Morgan fingerprint density at radius 2 is 2.32 bits per heavy atom. The van der Waals surface area contributed by atoms with Crippen molar-refractivity contribution >= 4 is 22.8 Å². The molecule has 7 heteroatoms. The first-order valence-corrected chi connectivity index (χ1v) is 6.53. The zero-order valence-electron chi connectivity index (χ0n) is 10.2. The van der Waals surface area contributed by atoms with Gasteiger partial charge in [0.25, 0.3) is 0 Å². The first kappa shape index (κ1) is 13.4. The first-order valence-electron chi connectivity index (χ1n) is 5.58. The lowest BCUT2D eigenvalue weighted by molar-refractivity contribution is -0.389. The molecule has 2 N–H and O–H groups in total. The molecule has 0 bridgehead atoms. The van der Waals surface area contributed by atoms with E-state index in [-0.39, 0.29) is 5.82 Å². The van der Waals surface area contributed by atoms with Crippen molar-refractivity contribution in [1.82, 2.24) is 4.98 Å². The largest absolute Gasteiger partial charge is 0.384 e. The Morgan fingerprint density at radius 3 is 2.84 bits per heavy atom. The molecule has 2 heterocycles. The van der Waals surface area contributed by atoms with Gasteiger partial charge in [0.15, 0.2) is 6.20 Å². The number of hydrogen-bond donors (Lipinski definition) is 2. The van der Waals surface area contributed by atoms with Gasteiger partial charge in [-0.1, -0.05) is 0 Å². The zero-order chi connectivity index (χ0) is 13.9. The predicted molar refractivity (Wildman–Crippen MR) is 73.3 cm³/mol. The van der Waals surface area contributed by atoms with Crippen LogP contribution in [-0.2, 0) is 5.60 Å². The van der Waals surface area contributed by atoms with Crippen LogP contribution >= 0.6 is 11.3 Å². The van der Waals surface area contributed by atoms with E-state index >= 15 is 0 Å². The van der Waals surface area contributed by atoms with E-state index in [1.807, 2.05) is 16.8 Å². The number of nitrogens with zero attached hydrogens (tertiary/aromatic N) is 2. The number of pyridine rings is 1. The van der Waals surface area contributed by atoms with Gasteiger partial charge in [-0.25, -0.2) is 0 Å². The summed E-state index contributed by atoms with van der Waals surface area (Å²) in [4.78, 5) is 13.6. The van der Waals surface area contributed by atoms with E-state index in [1.54, 1.807) is 13.0 Å². The Labute approximate surface area is 113 Å². The molecular formula is C12H13N3O3S. The second-order valence-electron chi connectivity index (χ2n) is 4.30. The average Bonchev–Trinajstić information content (AvgIpc) is 2.91. The Hall–Kier alpha value is -1.99. The van der Waals surface area contributed by atoms with Crippen molar-refractivity contribution in [2.24, 2.45) is 0 Å². The highest BCUT2D eigenvalue weighted by Crippen LogP contribution is 2.23. The van der Waals surface area contributed by atoms with Crippen molar-refractivity contribution in [1.29, 1.82) is 0 Å². The summed E-state index contributed by atoms with van der Waals surface area (Å²) in [5, 5.41) is 27.6. The number of rotatable bonds is 5. The molecular weight excluding hydrogens is 266 g/mol. The number of nitrogens with one attached hydrogen (secondary N) is 1. The number of thiophene rings is 1. The topological polar surface area (TPSA) is 88.3 Å². The molecule has 0 saturated heterocycles. The van der Waals surface area contributed by atoms with E-state index in [1.165, 1.54) is 23.6 Å². The summed E-state index contributed by atoms with van der Waals surface area (Å²) >= 11 is 1.52. The monoisotopic (exact) mass is 279 g/mol. The van der Waals surface area contributed by atoms with Crippen LogP contribution in [0.2, 0.25) is 0 Å². The lowest BCUT2D eigenvalue weighted by atomic mass is 9.99. The van der Waals surface area contributed by atoms with Gasteiger partial charge in [0, 0.05) is 12.6 Å². The molecule has 19 heavy (non-hydrogen) atoms. The Kier molecular flexibility index (Phi) is 3.77. The molecule has 0 aliphatic rings. The molecule has 2 rings (SSSR count). The Morgan fingerprint density at radius 1 is 1.53 bits per heavy atom. The lowest BCUT2D eigenvalue weighted by Gasteiger charge is -2.23. The van der Waals surface area contributed by atoms with Crippen LogP contribution in [0.15, 0.2) is 35.2 Å². The fourth-order valence-corrected chi connectivity index (χ4v) is 2.33. The molecule has 0 aliphatic heterocycles. The van der Waals surface area contributed by atoms with Crippen LogP contribution in [0.4, 0.5) is 11.5 Å². The third-order valence-electron chi connectivity index (χ3n) is 2.71. The van der Waals surface area contributed by atoms with Gasteiger partial charge < -0.3 is 20.5 Å². The number of aliphatic hydroxyl groups is 1. The lowest BCUT2D eigenvalue weighted by Crippen LogP contribution is -2.30. The average molecular weight is 279 g/mol. The van der Waals surface area contributed by atoms with Gasteiger partial charge in [0.2, 0.25) is 0 Å². The van der Waals surface area contributed by atoms with Crippen molar-refractivity contribution in [2.75, 3.05) is 11.9 Å². The summed E-state index contributed by atoms with van der Waals surface area (Å²) in [5.41, 5.74) is 0.461. The Bertz CT molecular complexity index is 552. The maximum absolute atomic E-state index is 10.5. The van der Waals surface area contributed by atoms with E-state index < -0.39 is 10.5 Å². The Balaban J connectivity index is 2.00. The summed E-state index contributed by atoms with van der Waals surface area (Å²) < 4.78 is 0. The summed E-state index contributed by atoms with van der Waals surface area (Å²) in [6.07, 6.45) is 1.38. The fourth-order valence-electron chi connectivity index (χ4n) is 1.55. The maximum Gasteiger partial charge on any atom is 0.363 e. The molecule has 1 atom stereocenters. The molecule has 0 unspecified atom stereocenters. The van der Waals surface area contributed by atoms with Crippen LogP contribution in [0.25, 0.3) is 0 Å². The van der Waals surface area contributed by atoms with Crippen molar-refractivity contribution < 1.29 is 10.0 Å². The molecule has 0 radical (unpaired) electrons. The van der Waals surface area contributed by atoms with Crippen molar-refractivity contribution in [3.63, 3.8) is 0 Å². The molecule has 6 nitrogen and oxygen atoms in total. The highest BCUT2D eigenvalue weighted by atomic mass is 32.1. The van der Waals surface area contributed by atoms with E-state index in [2.05, 4.69) is 10.3 Å². The van der Waals surface area contributed by atoms with Gasteiger partial charge >= 0.3 is 5.82 Å². The summed E-state index contributed by atoms with van der Waals surface area (Å²) in [6.45, 7) is 2.00. The molecule has 0 aromatic carbocycles. The third kappa shape index (κ3) is 3.27. The summed E-state index contributed by atoms with van der Waals surface area (Å²) in [5.74, 6) is -0.199. The second kappa shape index (κ2) is 5.33. The molecule has 100 valence electrons. The fraction of sp³-hybridized carbons (Fsp3) is 0.250. The van der Waals surface area contributed by atoms with E-state index in [9.17, 15) is 15.2 Å². The molecule has 0 aliphatic carbocycles. The van der Waals surface area contributed by atoms with Gasteiger partial charge in [-0.2, -0.15) is 11.3 Å². The van der Waals surface area contributed by atoms with Gasteiger partial charge in [0.1, 0.15) is 5.60 Å². The molecule has 0 spiro atoms. The number of aromatic nitrogens is 1. The minimum atomic E-state index is -0.998. The number of nitro groups is 1. The van der Waals surface area contributed by atoms with E-state index in [0.29, 0.717) is 12.2 Å². The summed E-state index contributed by atoms with van der Waals surface area (Å²) in [7, 11) is 0. The standard InChI is InChI=1S/C12H13N3O3S/c1-12(16,9-4-5-19-7-9)8-14-10-2-3-11(13-6-10)15(17)18/h2-7,14,16H,8H2,1H3/t12-/m1/s1. The number of anilines is 1. The molecule has 0 saturated carbocycles. The van der Waals surface area contributed by atoms with Crippen molar-refractivity contribution in [2.45, 2.75) is 12.5 Å². The van der Waals surface area contributed by atoms with Gasteiger partial charge in [0.05, 0.1) is 5.69 Å². The first-order chi connectivity index (χ1) is 8.99. The predicted octanol–water partition coefficient (Wildman–Crippen LogP) is 2.37. The minimum Gasteiger partial charge on any atom is -0.384 e. The number of hydrogen-bond acceptors (Lipinski definition) is 6. The molecule has 0 fully saturated rings. The molecule has 2 aromatic rings. The van der Waals surface area contributed by atoms with E-state index in [0.717, 1.165) is 5.56 Å². The molecule has 0 amide bonds. The zero-order valence-corrected chi connectivity index (χ0v) is 11.1. The normalized spacial score (nSPS) is 13.8. The van der Waals surface area contributed by atoms with Crippen LogP contribution in [0.5, 0.6) is 0 Å². The highest BCUT2D eigenvalue weighted by molar-refractivity contribution is 7.08. The van der Waals surface area contributed by atoms with Gasteiger partial charge in [-0.05, 0) is 45.3 Å². The van der Waals surface area contributed by atoms with Crippen LogP contribution in [0.1, 0.15) is 12.5 Å². The third-order valence-corrected chi connectivity index (χ3v) is 3.40. The van der Waals surface area contributed by atoms with Crippen LogP contribution < -0.4 is 5.32 Å². The smallest absolute Gasteiger partial charge is 0.363 e. The summed E-state index contributed by atoms with van der Waals surface area (Å²) in [6, 6.07) is 4.75. The quantitative estimate of drug-likeness (QED) is 0.648. The van der Waals surface area contributed by atoms with Crippen LogP contribution in [0.3, 0.4) is 0 Å². The van der Waals surface area contributed by atoms with Crippen LogP contribution in [-0.4, -0.2) is 21.6 Å². The SMILES string of the molecule is C[C@@](O)(CNc1ccc([N+](=O)[O-])nc1)c1ccsc1. The maximum atomic E-state index is 10.5. The minimum absolute atomic E-state index is 0.199. The second-order valence-corrected chi connectivity index (χ2v) is 5.08. The van der Waals surface area contributed by atoms with Gasteiger partial charge in [-0.15, -0.1) is 0 Å².